The highest BCUT2D eigenvalue weighted by Gasteiger charge is 2.49. The first kappa shape index (κ1) is 19.8. The summed E-state index contributed by atoms with van der Waals surface area (Å²) in [7, 11) is 1.49. The number of benzene rings is 1. The van der Waals surface area contributed by atoms with Gasteiger partial charge in [0.15, 0.2) is 11.5 Å². The van der Waals surface area contributed by atoms with E-state index in [-0.39, 0.29) is 22.8 Å². The van der Waals surface area contributed by atoms with Crippen LogP contribution in [0.15, 0.2) is 12.1 Å². The van der Waals surface area contributed by atoms with E-state index in [1.807, 2.05) is 13.8 Å². The Labute approximate surface area is 164 Å². The molecule has 3 rings (SSSR count). The highest BCUT2D eigenvalue weighted by atomic mass is 35.5. The van der Waals surface area contributed by atoms with E-state index in [1.165, 1.54) is 18.1 Å². The molecule has 1 saturated carbocycles. The van der Waals surface area contributed by atoms with Crippen molar-refractivity contribution in [2.75, 3.05) is 20.3 Å². The number of rotatable bonds is 6. The van der Waals surface area contributed by atoms with Crippen molar-refractivity contribution >= 4 is 23.5 Å². The monoisotopic (exact) mass is 395 g/mol. The summed E-state index contributed by atoms with van der Waals surface area (Å²) in [6.07, 6.45) is 2.87. The van der Waals surface area contributed by atoms with Crippen LogP contribution in [0.3, 0.4) is 0 Å². The largest absolute Gasteiger partial charge is 0.493 e. The molecule has 148 valence electrons. The summed E-state index contributed by atoms with van der Waals surface area (Å²) in [6, 6.07) is 2.35. The summed E-state index contributed by atoms with van der Waals surface area (Å²) in [4.78, 5) is 26.4. The Morgan fingerprint density at radius 2 is 2.07 bits per heavy atom. The van der Waals surface area contributed by atoms with Gasteiger partial charge in [0, 0.05) is 12.1 Å². The van der Waals surface area contributed by atoms with Gasteiger partial charge >= 0.3 is 5.97 Å². The lowest BCUT2D eigenvalue weighted by molar-refractivity contribution is -0.142. The molecule has 1 amide bonds. The minimum Gasteiger partial charge on any atom is -0.493 e. The number of halogens is 1. The van der Waals surface area contributed by atoms with Gasteiger partial charge in [-0.1, -0.05) is 31.9 Å². The van der Waals surface area contributed by atoms with E-state index in [1.54, 1.807) is 6.07 Å². The van der Waals surface area contributed by atoms with Crippen molar-refractivity contribution in [3.63, 3.8) is 0 Å². The number of carbonyl (C=O) groups excluding carboxylic acids is 1. The number of hydrogen-bond acceptors (Lipinski definition) is 4. The number of amides is 1. The van der Waals surface area contributed by atoms with E-state index in [0.717, 1.165) is 19.3 Å². The number of nitrogens with zero attached hydrogens (tertiary/aromatic N) is 1. The van der Waals surface area contributed by atoms with E-state index < -0.39 is 12.0 Å². The van der Waals surface area contributed by atoms with Crippen molar-refractivity contribution < 1.29 is 24.2 Å². The molecule has 3 atom stereocenters. The second-order valence-electron chi connectivity index (χ2n) is 7.79. The van der Waals surface area contributed by atoms with Crippen molar-refractivity contribution in [3.05, 3.63) is 22.7 Å². The average molecular weight is 396 g/mol. The molecule has 1 aromatic rings. The number of likely N-dealkylation sites (tertiary alicyclic amines) is 1. The second kappa shape index (κ2) is 7.97. The molecular formula is C20H26ClNO5. The Kier molecular flexibility index (Phi) is 5.84. The molecule has 0 spiro atoms. The van der Waals surface area contributed by atoms with E-state index >= 15 is 0 Å². The first-order chi connectivity index (χ1) is 12.8. The summed E-state index contributed by atoms with van der Waals surface area (Å²) in [6.45, 7) is 5.00. The van der Waals surface area contributed by atoms with Crippen molar-refractivity contribution in [1.82, 2.24) is 4.90 Å². The van der Waals surface area contributed by atoms with Crippen LogP contribution in [0.2, 0.25) is 5.02 Å². The molecule has 1 N–H and O–H groups in total. The van der Waals surface area contributed by atoms with Crippen LogP contribution >= 0.6 is 11.6 Å². The normalized spacial score (nSPS) is 24.2. The molecule has 27 heavy (non-hydrogen) atoms. The number of carboxylic acids is 1. The molecule has 6 nitrogen and oxygen atoms in total. The Bertz CT molecular complexity index is 735. The lowest BCUT2D eigenvalue weighted by Crippen LogP contribution is -2.43. The van der Waals surface area contributed by atoms with Crippen LogP contribution in [0.25, 0.3) is 0 Å². The van der Waals surface area contributed by atoms with Gasteiger partial charge in [0.2, 0.25) is 0 Å². The number of aliphatic carboxylic acids is 1. The number of hydrogen-bond donors (Lipinski definition) is 1. The van der Waals surface area contributed by atoms with E-state index in [2.05, 4.69) is 0 Å². The van der Waals surface area contributed by atoms with Gasteiger partial charge in [0.05, 0.1) is 18.7 Å². The van der Waals surface area contributed by atoms with Crippen LogP contribution in [-0.4, -0.2) is 48.2 Å². The fourth-order valence-electron chi connectivity index (χ4n) is 4.23. The zero-order chi connectivity index (χ0) is 19.7. The molecule has 1 saturated heterocycles. The molecular weight excluding hydrogens is 370 g/mol. The smallest absolute Gasteiger partial charge is 0.326 e. The molecule has 1 heterocycles. The summed E-state index contributed by atoms with van der Waals surface area (Å²) >= 11 is 6.35. The summed E-state index contributed by atoms with van der Waals surface area (Å²) in [5, 5.41) is 9.97. The minimum atomic E-state index is -0.937. The molecule has 0 radical (unpaired) electrons. The standard InChI is InChI=1S/C20H26ClNO5/c1-11(2)10-27-18-15(21)7-13(8-16(18)26-3)19(23)22-9-12-5-4-6-14(12)17(22)20(24)25/h7-8,11-12,14,17H,4-6,9-10H2,1-3H3,(H,24,25). The van der Waals surface area contributed by atoms with Crippen molar-refractivity contribution in [2.45, 2.75) is 39.2 Å². The highest BCUT2D eigenvalue weighted by Crippen LogP contribution is 2.43. The molecule has 7 heteroatoms. The van der Waals surface area contributed by atoms with Crippen LogP contribution in [0.4, 0.5) is 0 Å². The van der Waals surface area contributed by atoms with E-state index in [4.69, 9.17) is 21.1 Å². The predicted octanol–water partition coefficient (Wildman–Crippen LogP) is 3.71. The van der Waals surface area contributed by atoms with Crippen molar-refractivity contribution in [2.24, 2.45) is 17.8 Å². The topological polar surface area (TPSA) is 76.1 Å². The number of ether oxygens (including phenoxy) is 2. The van der Waals surface area contributed by atoms with Crippen LogP contribution in [-0.2, 0) is 4.79 Å². The SMILES string of the molecule is COc1cc(C(=O)N2CC3CCCC3C2C(=O)O)cc(Cl)c1OCC(C)C. The zero-order valence-corrected chi connectivity index (χ0v) is 16.7. The predicted molar refractivity (Wildman–Crippen MR) is 102 cm³/mol. The Hall–Kier alpha value is -1.95. The van der Waals surface area contributed by atoms with Crippen LogP contribution in [0.5, 0.6) is 11.5 Å². The van der Waals surface area contributed by atoms with E-state index in [9.17, 15) is 14.7 Å². The molecule has 1 aromatic carbocycles. The van der Waals surface area contributed by atoms with Gasteiger partial charge in [-0.05, 0) is 42.7 Å². The molecule has 2 fully saturated rings. The number of methoxy groups -OCH3 is 1. The van der Waals surface area contributed by atoms with Gasteiger partial charge in [-0.25, -0.2) is 4.79 Å². The third-order valence-electron chi connectivity index (χ3n) is 5.44. The summed E-state index contributed by atoms with van der Waals surface area (Å²) in [5.74, 6) is 0.126. The fourth-order valence-corrected chi connectivity index (χ4v) is 4.50. The minimum absolute atomic E-state index is 0.0393. The average Bonchev–Trinajstić information content (AvgIpc) is 3.19. The van der Waals surface area contributed by atoms with Gasteiger partial charge < -0.3 is 19.5 Å². The highest BCUT2D eigenvalue weighted by molar-refractivity contribution is 6.32. The number of carbonyl (C=O) groups is 2. The Balaban J connectivity index is 1.88. The maximum atomic E-state index is 13.1. The molecule has 0 aromatic heterocycles. The number of fused-ring (bicyclic) bond motifs is 1. The molecule has 3 unspecified atom stereocenters. The molecule has 2 aliphatic rings. The third kappa shape index (κ3) is 3.86. The van der Waals surface area contributed by atoms with E-state index in [0.29, 0.717) is 36.1 Å². The molecule has 1 aliphatic heterocycles. The van der Waals surface area contributed by atoms with Gasteiger partial charge in [0.1, 0.15) is 6.04 Å². The zero-order valence-electron chi connectivity index (χ0n) is 15.9. The van der Waals surface area contributed by atoms with Gasteiger partial charge in [-0.2, -0.15) is 0 Å². The van der Waals surface area contributed by atoms with Crippen molar-refractivity contribution in [3.8, 4) is 11.5 Å². The van der Waals surface area contributed by atoms with Crippen LogP contribution < -0.4 is 9.47 Å². The Morgan fingerprint density at radius 3 is 2.70 bits per heavy atom. The third-order valence-corrected chi connectivity index (χ3v) is 5.72. The fraction of sp³-hybridized carbons (Fsp3) is 0.600. The molecule has 1 aliphatic carbocycles. The summed E-state index contributed by atoms with van der Waals surface area (Å²) in [5.41, 5.74) is 0.319. The van der Waals surface area contributed by atoms with Gasteiger partial charge in [0.25, 0.3) is 5.91 Å². The van der Waals surface area contributed by atoms with Crippen molar-refractivity contribution in [1.29, 1.82) is 0 Å². The lowest BCUT2D eigenvalue weighted by atomic mass is 9.94. The lowest BCUT2D eigenvalue weighted by Gasteiger charge is -2.25. The summed E-state index contributed by atoms with van der Waals surface area (Å²) < 4.78 is 11.1. The van der Waals surface area contributed by atoms with Gasteiger partial charge in [-0.15, -0.1) is 0 Å². The first-order valence-electron chi connectivity index (χ1n) is 9.37. The quantitative estimate of drug-likeness (QED) is 0.794. The van der Waals surface area contributed by atoms with Crippen LogP contribution in [0, 0.1) is 17.8 Å². The maximum Gasteiger partial charge on any atom is 0.326 e. The second-order valence-corrected chi connectivity index (χ2v) is 8.20. The number of carboxylic acid groups (broad SMARTS) is 1. The molecule has 0 bridgehead atoms. The Morgan fingerprint density at radius 1 is 1.33 bits per heavy atom. The van der Waals surface area contributed by atoms with Crippen LogP contribution in [0.1, 0.15) is 43.5 Å². The maximum absolute atomic E-state index is 13.1. The van der Waals surface area contributed by atoms with Gasteiger partial charge in [-0.3, -0.25) is 4.79 Å². The first-order valence-corrected chi connectivity index (χ1v) is 9.75.